The van der Waals surface area contributed by atoms with Crippen molar-refractivity contribution in [2.24, 2.45) is 0 Å². The number of hydrogen-bond donors (Lipinski definition) is 0. The summed E-state index contributed by atoms with van der Waals surface area (Å²) < 4.78 is 1.95. The number of carbonyl (C=O) groups excluding carboxylic acids is 1. The predicted molar refractivity (Wildman–Crippen MR) is 70.6 cm³/mol. The van der Waals surface area contributed by atoms with Crippen LogP contribution in [0.4, 0.5) is 0 Å². The van der Waals surface area contributed by atoms with Crippen molar-refractivity contribution in [1.82, 2.24) is 0 Å². The molecular formula is C11H10Br2OS. The van der Waals surface area contributed by atoms with Crippen LogP contribution < -0.4 is 0 Å². The zero-order valence-corrected chi connectivity index (χ0v) is 12.0. The Morgan fingerprint density at radius 2 is 2.13 bits per heavy atom. The summed E-state index contributed by atoms with van der Waals surface area (Å²) >= 11 is 8.30. The summed E-state index contributed by atoms with van der Waals surface area (Å²) in [5.74, 6) is 0.200. The number of ketones is 1. The van der Waals surface area contributed by atoms with Gasteiger partial charge in [-0.2, -0.15) is 0 Å². The molecule has 0 atom stereocenters. The van der Waals surface area contributed by atoms with Crippen LogP contribution in [-0.2, 0) is 0 Å². The average Bonchev–Trinajstić information content (AvgIpc) is 2.59. The largest absolute Gasteiger partial charge is 0.288 e. The van der Waals surface area contributed by atoms with Crippen LogP contribution in [0.3, 0.4) is 0 Å². The van der Waals surface area contributed by atoms with Gasteiger partial charge in [0.25, 0.3) is 0 Å². The van der Waals surface area contributed by atoms with Gasteiger partial charge in [0.15, 0.2) is 5.78 Å². The van der Waals surface area contributed by atoms with Gasteiger partial charge in [0.1, 0.15) is 0 Å². The number of allylic oxidation sites excluding steroid dienone is 2. The zero-order valence-electron chi connectivity index (χ0n) is 8.06. The first-order valence-corrected chi connectivity index (χ1v) is 7.27. The van der Waals surface area contributed by atoms with E-state index in [0.717, 1.165) is 38.0 Å². The molecule has 0 radical (unpaired) electrons. The summed E-state index contributed by atoms with van der Waals surface area (Å²) in [6.45, 7) is 0. The fraction of sp³-hybridized carbons (Fsp3) is 0.364. The SMILES string of the molecule is O=C(C1=CCCCC1)c1cc(Br)c(Br)s1. The molecule has 4 heteroatoms. The van der Waals surface area contributed by atoms with Gasteiger partial charge in [-0.15, -0.1) is 11.3 Å². The fourth-order valence-electron chi connectivity index (χ4n) is 1.66. The van der Waals surface area contributed by atoms with Crippen molar-refractivity contribution >= 4 is 49.0 Å². The van der Waals surface area contributed by atoms with Crippen molar-refractivity contribution in [3.05, 3.63) is 30.9 Å². The van der Waals surface area contributed by atoms with Crippen LogP contribution in [0.5, 0.6) is 0 Å². The second-order valence-electron chi connectivity index (χ2n) is 3.54. The van der Waals surface area contributed by atoms with E-state index >= 15 is 0 Å². The minimum absolute atomic E-state index is 0.200. The highest BCUT2D eigenvalue weighted by Gasteiger charge is 2.17. The van der Waals surface area contributed by atoms with Crippen LogP contribution in [0, 0.1) is 0 Å². The Bertz CT molecular complexity index is 401. The van der Waals surface area contributed by atoms with E-state index in [4.69, 9.17) is 0 Å². The Balaban J connectivity index is 2.23. The maximum atomic E-state index is 12.1. The molecule has 1 heterocycles. The number of halogens is 2. The molecule has 1 aliphatic rings. The summed E-state index contributed by atoms with van der Waals surface area (Å²) in [5.41, 5.74) is 0.988. The number of hydrogen-bond acceptors (Lipinski definition) is 2. The normalized spacial score (nSPS) is 16.3. The standard InChI is InChI=1S/C11H10Br2OS/c12-8-6-9(15-11(8)13)10(14)7-4-2-1-3-5-7/h4,6H,1-3,5H2. The molecule has 0 aromatic carbocycles. The lowest BCUT2D eigenvalue weighted by Gasteiger charge is -2.09. The lowest BCUT2D eigenvalue weighted by molar-refractivity contribution is 0.103. The second-order valence-corrected chi connectivity index (χ2v) is 6.76. The van der Waals surface area contributed by atoms with Gasteiger partial charge >= 0.3 is 0 Å². The predicted octanol–water partition coefficient (Wildman–Crippen LogP) is 4.96. The highest BCUT2D eigenvalue weighted by atomic mass is 79.9. The molecule has 0 amide bonds. The highest BCUT2D eigenvalue weighted by molar-refractivity contribution is 9.13. The maximum absolute atomic E-state index is 12.1. The van der Waals surface area contributed by atoms with E-state index in [-0.39, 0.29) is 5.78 Å². The smallest absolute Gasteiger partial charge is 0.198 e. The monoisotopic (exact) mass is 348 g/mol. The fourth-order valence-corrected chi connectivity index (χ4v) is 3.67. The summed E-state index contributed by atoms with van der Waals surface area (Å²) in [5, 5.41) is 0. The third kappa shape index (κ3) is 2.60. The van der Waals surface area contributed by atoms with E-state index in [0.29, 0.717) is 0 Å². The molecule has 80 valence electrons. The van der Waals surface area contributed by atoms with Crippen molar-refractivity contribution in [1.29, 1.82) is 0 Å². The van der Waals surface area contributed by atoms with Gasteiger partial charge in [-0.25, -0.2) is 0 Å². The van der Waals surface area contributed by atoms with Crippen LogP contribution in [0.2, 0.25) is 0 Å². The molecule has 1 nitrogen and oxygen atoms in total. The molecule has 15 heavy (non-hydrogen) atoms. The Morgan fingerprint density at radius 1 is 1.33 bits per heavy atom. The Labute approximate surface area is 110 Å². The first-order valence-electron chi connectivity index (χ1n) is 4.87. The van der Waals surface area contributed by atoms with Crippen molar-refractivity contribution in [3.8, 4) is 0 Å². The number of Topliss-reactive ketones (excluding diaryl/α,β-unsaturated/α-hetero) is 1. The van der Waals surface area contributed by atoms with E-state index in [1.807, 2.05) is 6.07 Å². The summed E-state index contributed by atoms with van der Waals surface area (Å²) in [6, 6.07) is 1.90. The summed E-state index contributed by atoms with van der Waals surface area (Å²) in [4.78, 5) is 12.9. The Morgan fingerprint density at radius 3 is 2.67 bits per heavy atom. The van der Waals surface area contributed by atoms with Gasteiger partial charge < -0.3 is 0 Å². The molecule has 2 rings (SSSR count). The molecule has 0 spiro atoms. The maximum Gasteiger partial charge on any atom is 0.198 e. The zero-order chi connectivity index (χ0) is 10.8. The van der Waals surface area contributed by atoms with Crippen LogP contribution in [0.25, 0.3) is 0 Å². The first-order chi connectivity index (χ1) is 7.18. The molecule has 1 aliphatic carbocycles. The molecule has 1 aromatic heterocycles. The van der Waals surface area contributed by atoms with Crippen molar-refractivity contribution < 1.29 is 4.79 Å². The van der Waals surface area contributed by atoms with Crippen molar-refractivity contribution in [3.63, 3.8) is 0 Å². The molecule has 0 bridgehead atoms. The summed E-state index contributed by atoms with van der Waals surface area (Å²) in [7, 11) is 0. The molecule has 0 saturated heterocycles. The van der Waals surface area contributed by atoms with Gasteiger partial charge in [0.2, 0.25) is 0 Å². The van der Waals surface area contributed by atoms with Crippen LogP contribution in [0.15, 0.2) is 26.0 Å². The van der Waals surface area contributed by atoms with Gasteiger partial charge in [-0.1, -0.05) is 6.08 Å². The first kappa shape index (κ1) is 11.6. The van der Waals surface area contributed by atoms with E-state index in [2.05, 4.69) is 37.9 Å². The minimum Gasteiger partial charge on any atom is -0.288 e. The Hall–Kier alpha value is 0.0700. The van der Waals surface area contributed by atoms with Crippen molar-refractivity contribution in [2.45, 2.75) is 25.7 Å². The van der Waals surface area contributed by atoms with Crippen LogP contribution in [0.1, 0.15) is 35.4 Å². The molecular weight excluding hydrogens is 340 g/mol. The van der Waals surface area contributed by atoms with Gasteiger partial charge in [-0.3, -0.25) is 4.79 Å². The topological polar surface area (TPSA) is 17.1 Å². The van der Waals surface area contributed by atoms with Crippen molar-refractivity contribution in [2.75, 3.05) is 0 Å². The van der Waals surface area contributed by atoms with Gasteiger partial charge in [-0.05, 0) is 69.2 Å². The number of carbonyl (C=O) groups is 1. The third-order valence-electron chi connectivity index (χ3n) is 2.45. The van der Waals surface area contributed by atoms with Crippen LogP contribution in [-0.4, -0.2) is 5.78 Å². The average molecular weight is 350 g/mol. The Kier molecular flexibility index (Phi) is 3.80. The number of rotatable bonds is 2. The van der Waals surface area contributed by atoms with E-state index < -0.39 is 0 Å². The van der Waals surface area contributed by atoms with E-state index in [1.165, 1.54) is 17.8 Å². The molecule has 0 unspecified atom stereocenters. The number of thiophene rings is 1. The van der Waals surface area contributed by atoms with Crippen LogP contribution >= 0.6 is 43.2 Å². The lowest BCUT2D eigenvalue weighted by Crippen LogP contribution is -2.04. The molecule has 0 fully saturated rings. The molecule has 1 aromatic rings. The highest BCUT2D eigenvalue weighted by Crippen LogP contribution is 2.34. The quantitative estimate of drug-likeness (QED) is 0.690. The van der Waals surface area contributed by atoms with E-state index in [1.54, 1.807) is 0 Å². The third-order valence-corrected chi connectivity index (χ3v) is 5.71. The summed E-state index contributed by atoms with van der Waals surface area (Å²) in [6.07, 6.45) is 6.44. The molecule has 0 N–H and O–H groups in total. The van der Waals surface area contributed by atoms with Gasteiger partial charge in [0.05, 0.1) is 8.66 Å². The molecule has 0 aliphatic heterocycles. The second kappa shape index (κ2) is 4.93. The lowest BCUT2D eigenvalue weighted by atomic mass is 9.96. The van der Waals surface area contributed by atoms with Gasteiger partial charge in [0, 0.05) is 4.47 Å². The minimum atomic E-state index is 0.200. The van der Waals surface area contributed by atoms with E-state index in [9.17, 15) is 4.79 Å². The molecule has 0 saturated carbocycles.